The number of anilines is 2. The first-order chi connectivity index (χ1) is 15.7. The minimum absolute atomic E-state index is 0.0743. The van der Waals surface area contributed by atoms with Gasteiger partial charge in [-0.25, -0.2) is 0 Å². The Morgan fingerprint density at radius 3 is 2.34 bits per heavy atom. The molecule has 2 fully saturated rings. The van der Waals surface area contributed by atoms with E-state index in [-0.39, 0.29) is 5.91 Å². The van der Waals surface area contributed by atoms with E-state index in [0.29, 0.717) is 31.3 Å². The molecule has 0 spiro atoms. The van der Waals surface area contributed by atoms with Gasteiger partial charge in [-0.1, -0.05) is 13.3 Å². The third kappa shape index (κ3) is 5.31. The highest BCUT2D eigenvalue weighted by Gasteiger charge is 2.24. The minimum Gasteiger partial charge on any atom is -0.494 e. The number of nitrogens with zero attached hydrogens (tertiary/aromatic N) is 5. The Kier molecular flexibility index (Phi) is 7.45. The maximum atomic E-state index is 12.9. The lowest BCUT2D eigenvalue weighted by Gasteiger charge is -2.36. The van der Waals surface area contributed by atoms with Crippen LogP contribution in [0.25, 0.3) is 0 Å². The highest BCUT2D eigenvalue weighted by atomic mass is 16.5. The summed E-state index contributed by atoms with van der Waals surface area (Å²) in [5, 5.41) is 9.00. The van der Waals surface area contributed by atoms with E-state index in [2.05, 4.69) is 46.0 Å². The number of benzene rings is 1. The van der Waals surface area contributed by atoms with Gasteiger partial charge in [-0.15, -0.1) is 10.2 Å². The summed E-state index contributed by atoms with van der Waals surface area (Å²) < 4.78 is 5.70. The van der Waals surface area contributed by atoms with Gasteiger partial charge in [0.1, 0.15) is 5.75 Å². The third-order valence-electron chi connectivity index (χ3n) is 6.49. The second kappa shape index (κ2) is 10.7. The van der Waals surface area contributed by atoms with Crippen molar-refractivity contribution < 1.29 is 9.53 Å². The maximum Gasteiger partial charge on any atom is 0.253 e. The number of aromatic nitrogens is 2. The fourth-order valence-electron chi connectivity index (χ4n) is 4.43. The number of hydrogen-bond donors (Lipinski definition) is 0. The molecule has 1 amide bonds. The van der Waals surface area contributed by atoms with E-state index in [9.17, 15) is 4.79 Å². The molecule has 2 saturated heterocycles. The Hall–Kier alpha value is -2.83. The van der Waals surface area contributed by atoms with Crippen LogP contribution in [0.15, 0.2) is 36.4 Å². The lowest BCUT2D eigenvalue weighted by molar-refractivity contribution is 0.0746. The van der Waals surface area contributed by atoms with Crippen molar-refractivity contribution in [2.45, 2.75) is 52.0 Å². The van der Waals surface area contributed by atoms with E-state index in [1.807, 2.05) is 29.2 Å². The van der Waals surface area contributed by atoms with Crippen molar-refractivity contribution in [1.29, 1.82) is 0 Å². The molecule has 7 heteroatoms. The molecule has 1 atom stereocenters. The standard InChI is InChI=1S/C25H35N5O2/c1-3-4-19-32-22-10-8-21(9-11-22)25(31)29-17-15-28(16-18-29)23-12-13-24(27-26-23)30-14-6-5-7-20(30)2/h8-13,20H,3-7,14-19H2,1-2H3. The summed E-state index contributed by atoms with van der Waals surface area (Å²) in [6.45, 7) is 9.06. The van der Waals surface area contributed by atoms with Gasteiger partial charge in [-0.05, 0) is 69.0 Å². The van der Waals surface area contributed by atoms with Crippen molar-refractivity contribution in [3.8, 4) is 5.75 Å². The van der Waals surface area contributed by atoms with Crippen LogP contribution in [-0.4, -0.2) is 66.4 Å². The molecular weight excluding hydrogens is 402 g/mol. The Bertz CT molecular complexity index is 863. The van der Waals surface area contributed by atoms with Crippen LogP contribution in [0.1, 0.15) is 56.3 Å². The molecule has 2 aliphatic rings. The number of unbranched alkanes of at least 4 members (excludes halogenated alkanes) is 1. The van der Waals surface area contributed by atoms with Gasteiger partial charge >= 0.3 is 0 Å². The Morgan fingerprint density at radius 2 is 1.69 bits per heavy atom. The van der Waals surface area contributed by atoms with E-state index in [1.54, 1.807) is 0 Å². The van der Waals surface area contributed by atoms with Crippen LogP contribution in [0, 0.1) is 0 Å². The van der Waals surface area contributed by atoms with Crippen LogP contribution >= 0.6 is 0 Å². The molecule has 172 valence electrons. The molecule has 2 aromatic rings. The number of carbonyl (C=O) groups excluding carboxylic acids is 1. The van der Waals surface area contributed by atoms with E-state index in [1.165, 1.54) is 19.3 Å². The topological polar surface area (TPSA) is 61.8 Å². The molecular formula is C25H35N5O2. The van der Waals surface area contributed by atoms with Crippen LogP contribution in [0.3, 0.4) is 0 Å². The molecule has 1 unspecified atom stereocenters. The summed E-state index contributed by atoms with van der Waals surface area (Å²) in [7, 11) is 0. The molecule has 0 N–H and O–H groups in total. The molecule has 1 aromatic carbocycles. The van der Waals surface area contributed by atoms with E-state index in [0.717, 1.165) is 49.9 Å². The number of rotatable bonds is 7. The Balaban J connectivity index is 1.29. The largest absolute Gasteiger partial charge is 0.494 e. The first kappa shape index (κ1) is 22.4. The fraction of sp³-hybridized carbons (Fsp3) is 0.560. The van der Waals surface area contributed by atoms with Crippen LogP contribution in [-0.2, 0) is 0 Å². The van der Waals surface area contributed by atoms with Crippen molar-refractivity contribution >= 4 is 17.5 Å². The molecule has 2 aliphatic heterocycles. The minimum atomic E-state index is 0.0743. The summed E-state index contributed by atoms with van der Waals surface area (Å²) >= 11 is 0. The van der Waals surface area contributed by atoms with E-state index >= 15 is 0 Å². The van der Waals surface area contributed by atoms with Crippen molar-refractivity contribution in [2.24, 2.45) is 0 Å². The van der Waals surface area contributed by atoms with Gasteiger partial charge in [-0.3, -0.25) is 4.79 Å². The summed E-state index contributed by atoms with van der Waals surface area (Å²) in [4.78, 5) is 19.4. The van der Waals surface area contributed by atoms with Crippen molar-refractivity contribution in [3.63, 3.8) is 0 Å². The lowest BCUT2D eigenvalue weighted by Crippen LogP contribution is -2.49. The molecule has 1 aromatic heterocycles. The zero-order valence-electron chi connectivity index (χ0n) is 19.4. The van der Waals surface area contributed by atoms with Crippen LogP contribution in [0.4, 0.5) is 11.6 Å². The number of carbonyl (C=O) groups is 1. The average molecular weight is 438 g/mol. The highest BCUT2D eigenvalue weighted by Crippen LogP contribution is 2.24. The molecule has 32 heavy (non-hydrogen) atoms. The van der Waals surface area contributed by atoms with Gasteiger partial charge in [0.15, 0.2) is 11.6 Å². The van der Waals surface area contributed by atoms with Gasteiger partial charge in [0.25, 0.3) is 5.91 Å². The van der Waals surface area contributed by atoms with Crippen LogP contribution in [0.2, 0.25) is 0 Å². The number of piperazine rings is 1. The quantitative estimate of drug-likeness (QED) is 0.610. The van der Waals surface area contributed by atoms with Gasteiger partial charge in [-0.2, -0.15) is 0 Å². The summed E-state index contributed by atoms with van der Waals surface area (Å²) in [6.07, 6.45) is 5.88. The van der Waals surface area contributed by atoms with Crippen LogP contribution in [0.5, 0.6) is 5.75 Å². The lowest BCUT2D eigenvalue weighted by atomic mass is 10.0. The average Bonchev–Trinajstić information content (AvgIpc) is 2.85. The van der Waals surface area contributed by atoms with E-state index < -0.39 is 0 Å². The molecule has 4 rings (SSSR count). The van der Waals surface area contributed by atoms with Crippen molar-refractivity contribution in [1.82, 2.24) is 15.1 Å². The van der Waals surface area contributed by atoms with Gasteiger partial charge in [0.2, 0.25) is 0 Å². The summed E-state index contributed by atoms with van der Waals surface area (Å²) in [6, 6.07) is 12.2. The number of ether oxygens (including phenoxy) is 1. The normalized spacial score (nSPS) is 19.2. The Labute approximate surface area is 191 Å². The third-order valence-corrected chi connectivity index (χ3v) is 6.49. The molecule has 0 saturated carbocycles. The molecule has 0 radical (unpaired) electrons. The van der Waals surface area contributed by atoms with E-state index in [4.69, 9.17) is 4.74 Å². The number of piperidine rings is 1. The molecule has 7 nitrogen and oxygen atoms in total. The first-order valence-corrected chi connectivity index (χ1v) is 12.0. The number of hydrogen-bond acceptors (Lipinski definition) is 6. The van der Waals surface area contributed by atoms with Gasteiger partial charge in [0.05, 0.1) is 6.61 Å². The highest BCUT2D eigenvalue weighted by molar-refractivity contribution is 5.94. The predicted molar refractivity (Wildman–Crippen MR) is 128 cm³/mol. The molecule has 3 heterocycles. The summed E-state index contributed by atoms with van der Waals surface area (Å²) in [5.74, 6) is 2.75. The maximum absolute atomic E-state index is 12.9. The second-order valence-corrected chi connectivity index (χ2v) is 8.79. The monoisotopic (exact) mass is 437 g/mol. The second-order valence-electron chi connectivity index (χ2n) is 8.79. The molecule has 0 aliphatic carbocycles. The summed E-state index contributed by atoms with van der Waals surface area (Å²) in [5.41, 5.74) is 0.709. The zero-order chi connectivity index (χ0) is 22.3. The predicted octanol–water partition coefficient (Wildman–Crippen LogP) is 4.00. The van der Waals surface area contributed by atoms with Crippen molar-refractivity contribution in [2.75, 3.05) is 49.1 Å². The molecule has 0 bridgehead atoms. The fourth-order valence-corrected chi connectivity index (χ4v) is 4.43. The van der Waals surface area contributed by atoms with Crippen molar-refractivity contribution in [3.05, 3.63) is 42.0 Å². The van der Waals surface area contributed by atoms with Gasteiger partial charge < -0.3 is 19.4 Å². The Morgan fingerprint density at radius 1 is 0.969 bits per heavy atom. The van der Waals surface area contributed by atoms with Crippen LogP contribution < -0.4 is 14.5 Å². The zero-order valence-corrected chi connectivity index (χ0v) is 19.4. The number of amides is 1. The smallest absolute Gasteiger partial charge is 0.253 e. The SMILES string of the molecule is CCCCOc1ccc(C(=O)N2CCN(c3ccc(N4CCCCC4C)nn3)CC2)cc1. The first-order valence-electron chi connectivity index (χ1n) is 12.0. The van der Waals surface area contributed by atoms with Gasteiger partial charge in [0, 0.05) is 44.3 Å².